The van der Waals surface area contributed by atoms with Crippen LogP contribution in [0.25, 0.3) is 10.9 Å². The number of carbonyl (C=O) groups is 1. The summed E-state index contributed by atoms with van der Waals surface area (Å²) in [7, 11) is 0. The normalized spacial score (nSPS) is 10.7. The number of aromatic nitrogens is 3. The molecule has 4 rings (SSSR count). The molecule has 31 heavy (non-hydrogen) atoms. The van der Waals surface area contributed by atoms with Gasteiger partial charge >= 0.3 is 0 Å². The zero-order valence-corrected chi connectivity index (χ0v) is 16.9. The van der Waals surface area contributed by atoms with Crippen LogP contribution in [0, 0.1) is 0 Å². The molecule has 0 atom stereocenters. The summed E-state index contributed by atoms with van der Waals surface area (Å²) >= 11 is 0. The van der Waals surface area contributed by atoms with Gasteiger partial charge in [0.05, 0.1) is 11.9 Å². The Hall–Kier alpha value is -4.00. The molecule has 3 aromatic carbocycles. The van der Waals surface area contributed by atoms with Gasteiger partial charge in [-0.1, -0.05) is 59.8 Å². The molecule has 4 aromatic rings. The van der Waals surface area contributed by atoms with Crippen molar-refractivity contribution in [2.45, 2.75) is 26.1 Å². The van der Waals surface area contributed by atoms with Crippen LogP contribution in [-0.4, -0.2) is 20.9 Å². The average molecular weight is 414 g/mol. The summed E-state index contributed by atoms with van der Waals surface area (Å²) in [5.74, 6) is 0.611. The van der Waals surface area contributed by atoms with Gasteiger partial charge < -0.3 is 10.1 Å². The van der Waals surface area contributed by atoms with Gasteiger partial charge in [-0.3, -0.25) is 9.59 Å². The van der Waals surface area contributed by atoms with Crippen LogP contribution >= 0.6 is 0 Å². The molecular formula is C24H22N4O3. The highest BCUT2D eigenvalue weighted by Gasteiger charge is 2.08. The van der Waals surface area contributed by atoms with Gasteiger partial charge in [-0.05, 0) is 35.4 Å². The van der Waals surface area contributed by atoms with E-state index >= 15 is 0 Å². The van der Waals surface area contributed by atoms with Crippen LogP contribution in [0.2, 0.25) is 0 Å². The van der Waals surface area contributed by atoms with Crippen molar-refractivity contribution in [1.29, 1.82) is 0 Å². The van der Waals surface area contributed by atoms with Gasteiger partial charge in [0, 0.05) is 13.0 Å². The number of rotatable bonds is 8. The molecule has 0 saturated heterocycles. The molecule has 1 amide bonds. The molecule has 0 spiro atoms. The highest BCUT2D eigenvalue weighted by molar-refractivity contribution is 5.77. The minimum atomic E-state index is -0.246. The Kier molecular flexibility index (Phi) is 6.32. The topological polar surface area (TPSA) is 86.1 Å². The van der Waals surface area contributed by atoms with Crippen LogP contribution in [0.15, 0.2) is 83.7 Å². The quantitative estimate of drug-likeness (QED) is 0.479. The third-order valence-corrected chi connectivity index (χ3v) is 4.84. The second-order valence-electron chi connectivity index (χ2n) is 7.08. The molecule has 156 valence electrons. The van der Waals surface area contributed by atoms with Crippen molar-refractivity contribution in [2.75, 3.05) is 0 Å². The first-order valence-electron chi connectivity index (χ1n) is 10.0. The molecular weight excluding hydrogens is 392 g/mol. The van der Waals surface area contributed by atoms with Crippen LogP contribution < -0.4 is 15.6 Å². The fraction of sp³-hybridized carbons (Fsp3) is 0.167. The van der Waals surface area contributed by atoms with E-state index in [1.54, 1.807) is 24.3 Å². The van der Waals surface area contributed by atoms with Crippen molar-refractivity contribution >= 4 is 16.8 Å². The van der Waals surface area contributed by atoms with E-state index in [2.05, 4.69) is 15.6 Å². The lowest BCUT2D eigenvalue weighted by Crippen LogP contribution is -2.29. The monoisotopic (exact) mass is 414 g/mol. The molecule has 1 heterocycles. The summed E-state index contributed by atoms with van der Waals surface area (Å²) in [6.07, 6.45) is 0.144. The van der Waals surface area contributed by atoms with E-state index in [1.807, 2.05) is 54.6 Å². The van der Waals surface area contributed by atoms with Crippen molar-refractivity contribution in [3.8, 4) is 5.75 Å². The molecule has 0 unspecified atom stereocenters. The number of carbonyl (C=O) groups excluding carboxylic acids is 1. The summed E-state index contributed by atoms with van der Waals surface area (Å²) < 4.78 is 6.99. The molecule has 0 bridgehead atoms. The predicted octanol–water partition coefficient (Wildman–Crippen LogP) is 3.08. The van der Waals surface area contributed by atoms with Crippen LogP contribution in [0.3, 0.4) is 0 Å². The smallest absolute Gasteiger partial charge is 0.277 e. The minimum Gasteiger partial charge on any atom is -0.489 e. The molecule has 1 aromatic heterocycles. The average Bonchev–Trinajstić information content (AvgIpc) is 2.82. The van der Waals surface area contributed by atoms with E-state index in [4.69, 9.17) is 4.74 Å². The van der Waals surface area contributed by atoms with Crippen molar-refractivity contribution in [2.24, 2.45) is 0 Å². The van der Waals surface area contributed by atoms with Crippen molar-refractivity contribution < 1.29 is 9.53 Å². The van der Waals surface area contributed by atoms with E-state index in [-0.39, 0.29) is 24.4 Å². The molecule has 0 radical (unpaired) electrons. The number of nitrogens with zero attached hydrogens (tertiary/aromatic N) is 3. The first-order chi connectivity index (χ1) is 15.2. The third-order valence-electron chi connectivity index (χ3n) is 4.84. The van der Waals surface area contributed by atoms with Gasteiger partial charge in [-0.2, -0.15) is 0 Å². The van der Waals surface area contributed by atoms with Gasteiger partial charge in [0.2, 0.25) is 5.91 Å². The van der Waals surface area contributed by atoms with Gasteiger partial charge in [0.1, 0.15) is 17.9 Å². The number of hydrogen-bond acceptors (Lipinski definition) is 5. The van der Waals surface area contributed by atoms with Crippen LogP contribution in [0.5, 0.6) is 5.75 Å². The minimum absolute atomic E-state index is 0.144. The van der Waals surface area contributed by atoms with E-state index in [0.29, 0.717) is 24.1 Å². The Morgan fingerprint density at radius 3 is 2.45 bits per heavy atom. The van der Waals surface area contributed by atoms with E-state index < -0.39 is 0 Å². The van der Waals surface area contributed by atoms with Crippen LogP contribution in [0.4, 0.5) is 0 Å². The number of benzene rings is 3. The Bertz CT molecular complexity index is 1220. The highest BCUT2D eigenvalue weighted by Crippen LogP contribution is 2.14. The number of hydrogen-bond donors (Lipinski definition) is 1. The maximum absolute atomic E-state index is 12.4. The number of nitrogens with one attached hydrogen (secondary N) is 1. The fourth-order valence-corrected chi connectivity index (χ4v) is 3.11. The summed E-state index contributed by atoms with van der Waals surface area (Å²) in [5, 5.41) is 11.3. The maximum atomic E-state index is 12.4. The molecule has 7 nitrogen and oxygen atoms in total. The number of aryl methyl sites for hydroxylation is 1. The van der Waals surface area contributed by atoms with Crippen LogP contribution in [-0.2, 0) is 24.5 Å². The van der Waals surface area contributed by atoms with E-state index in [1.165, 1.54) is 4.68 Å². The van der Waals surface area contributed by atoms with Crippen molar-refractivity contribution in [3.05, 3.63) is 100 Å². The van der Waals surface area contributed by atoms with Crippen molar-refractivity contribution in [1.82, 2.24) is 20.3 Å². The zero-order chi connectivity index (χ0) is 21.5. The van der Waals surface area contributed by atoms with Gasteiger partial charge in [-0.25, -0.2) is 4.68 Å². The highest BCUT2D eigenvalue weighted by atomic mass is 16.5. The Morgan fingerprint density at radius 1 is 0.903 bits per heavy atom. The standard InChI is InChI=1S/C24H22N4O3/c29-23(14-15-28-24(30)21-8-4-5-9-22(21)26-27-28)25-16-18-10-12-20(13-11-18)31-17-19-6-2-1-3-7-19/h1-13H,14-17H2,(H,25,29). The molecule has 0 aliphatic rings. The third kappa shape index (κ3) is 5.33. The first kappa shape index (κ1) is 20.3. The summed E-state index contributed by atoms with van der Waals surface area (Å²) in [6.45, 7) is 1.08. The molecule has 0 saturated carbocycles. The molecule has 1 N–H and O–H groups in total. The Balaban J connectivity index is 1.25. The second kappa shape index (κ2) is 9.67. The predicted molar refractivity (Wildman–Crippen MR) is 117 cm³/mol. The Labute approximate surface area is 179 Å². The van der Waals surface area contributed by atoms with Gasteiger partial charge in [-0.15, -0.1) is 5.10 Å². The lowest BCUT2D eigenvalue weighted by atomic mass is 10.2. The lowest BCUT2D eigenvalue weighted by molar-refractivity contribution is -0.121. The summed E-state index contributed by atoms with van der Waals surface area (Å²) in [6, 6.07) is 24.6. The molecule has 0 fully saturated rings. The zero-order valence-electron chi connectivity index (χ0n) is 16.9. The first-order valence-corrected chi connectivity index (χ1v) is 10.0. The maximum Gasteiger partial charge on any atom is 0.277 e. The lowest BCUT2D eigenvalue weighted by Gasteiger charge is -2.09. The van der Waals surface area contributed by atoms with E-state index in [0.717, 1.165) is 16.9 Å². The molecule has 0 aliphatic heterocycles. The second-order valence-corrected chi connectivity index (χ2v) is 7.08. The Morgan fingerprint density at radius 2 is 1.65 bits per heavy atom. The van der Waals surface area contributed by atoms with Gasteiger partial charge in [0.15, 0.2) is 0 Å². The fourth-order valence-electron chi connectivity index (χ4n) is 3.11. The van der Waals surface area contributed by atoms with Crippen molar-refractivity contribution in [3.63, 3.8) is 0 Å². The summed E-state index contributed by atoms with van der Waals surface area (Å²) in [5.41, 5.74) is 2.37. The number of amides is 1. The molecule has 0 aliphatic carbocycles. The van der Waals surface area contributed by atoms with Gasteiger partial charge in [0.25, 0.3) is 5.56 Å². The SMILES string of the molecule is O=C(CCn1nnc2ccccc2c1=O)NCc1ccc(OCc2ccccc2)cc1. The number of ether oxygens (including phenoxy) is 1. The largest absolute Gasteiger partial charge is 0.489 e. The number of fused-ring (bicyclic) bond motifs is 1. The summed E-state index contributed by atoms with van der Waals surface area (Å²) in [4.78, 5) is 24.6. The van der Waals surface area contributed by atoms with Crippen LogP contribution in [0.1, 0.15) is 17.5 Å². The molecule has 7 heteroatoms. The van der Waals surface area contributed by atoms with E-state index in [9.17, 15) is 9.59 Å².